The molecule has 1 aromatic rings. The van der Waals surface area contributed by atoms with Gasteiger partial charge in [0.2, 0.25) is 0 Å². The smallest absolute Gasteiger partial charge is 0.0396 e. The Labute approximate surface area is 128 Å². The van der Waals surface area contributed by atoms with E-state index in [1.165, 1.54) is 56.8 Å². The lowest BCUT2D eigenvalue weighted by Crippen LogP contribution is -2.48. The molecule has 2 aliphatic carbocycles. The molecule has 1 saturated carbocycles. The number of fused-ring (bicyclic) bond motifs is 2. The normalized spacial score (nSPS) is 32.0. The Hall–Kier alpha value is -1.28. The van der Waals surface area contributed by atoms with Gasteiger partial charge in [0, 0.05) is 38.4 Å². The molecule has 0 spiro atoms. The predicted molar refractivity (Wildman–Crippen MR) is 88.7 cm³/mol. The van der Waals surface area contributed by atoms with Crippen LogP contribution in [0, 0.1) is 24.7 Å². The van der Waals surface area contributed by atoms with Crippen molar-refractivity contribution in [2.75, 3.05) is 37.6 Å². The van der Waals surface area contributed by atoms with Crippen LogP contribution in [0.5, 0.6) is 0 Å². The fourth-order valence-corrected chi connectivity index (χ4v) is 4.53. The number of anilines is 1. The van der Waals surface area contributed by atoms with Gasteiger partial charge in [0.05, 0.1) is 0 Å². The minimum atomic E-state index is 0.893. The fourth-order valence-electron chi connectivity index (χ4n) is 4.53. The molecule has 2 heteroatoms. The Morgan fingerprint density at radius 1 is 1.00 bits per heavy atom. The summed E-state index contributed by atoms with van der Waals surface area (Å²) in [4.78, 5) is 5.26. The van der Waals surface area contributed by atoms with Crippen molar-refractivity contribution in [1.82, 2.24) is 4.90 Å². The van der Waals surface area contributed by atoms with Crippen LogP contribution in [0.3, 0.4) is 0 Å². The molecular formula is C19H26N2. The van der Waals surface area contributed by atoms with Crippen LogP contribution in [0.15, 0.2) is 36.4 Å². The quantitative estimate of drug-likeness (QED) is 0.785. The van der Waals surface area contributed by atoms with Gasteiger partial charge in [0.25, 0.3) is 0 Å². The van der Waals surface area contributed by atoms with Crippen LogP contribution in [-0.2, 0) is 0 Å². The maximum atomic E-state index is 2.70. The Morgan fingerprint density at radius 2 is 1.81 bits per heavy atom. The lowest BCUT2D eigenvalue weighted by molar-refractivity contribution is 0.204. The lowest BCUT2D eigenvalue weighted by atomic mass is 9.93. The van der Waals surface area contributed by atoms with Crippen molar-refractivity contribution in [2.45, 2.75) is 19.8 Å². The van der Waals surface area contributed by atoms with Crippen LogP contribution in [0.2, 0.25) is 0 Å². The third kappa shape index (κ3) is 2.62. The Bertz CT molecular complexity index is 528. The molecule has 2 nitrogen and oxygen atoms in total. The minimum Gasteiger partial charge on any atom is -0.369 e. The summed E-state index contributed by atoms with van der Waals surface area (Å²) < 4.78 is 0. The largest absolute Gasteiger partial charge is 0.369 e. The van der Waals surface area contributed by atoms with E-state index in [9.17, 15) is 0 Å². The molecule has 0 N–H and O–H groups in total. The van der Waals surface area contributed by atoms with E-state index in [1.54, 1.807) is 0 Å². The first kappa shape index (κ1) is 13.4. The predicted octanol–water partition coefficient (Wildman–Crippen LogP) is 3.33. The summed E-state index contributed by atoms with van der Waals surface area (Å²) in [5.74, 6) is 2.74. The zero-order valence-corrected chi connectivity index (χ0v) is 13.0. The number of allylic oxidation sites excluding steroid dienone is 2. The van der Waals surface area contributed by atoms with E-state index in [1.807, 2.05) is 0 Å². The number of rotatable bonds is 3. The first-order chi connectivity index (χ1) is 10.3. The second kappa shape index (κ2) is 5.49. The summed E-state index contributed by atoms with van der Waals surface area (Å²) >= 11 is 0. The standard InChI is InChI=1S/C19H26N2/c1-15-4-2-3-5-19(15)21-10-8-20(9-11-21)14-18-13-16-6-7-17(18)12-16/h2-7,16-18H,8-14H2,1H3. The Kier molecular flexibility index (Phi) is 3.50. The van der Waals surface area contributed by atoms with Crippen LogP contribution in [0.25, 0.3) is 0 Å². The first-order valence-electron chi connectivity index (χ1n) is 8.51. The minimum absolute atomic E-state index is 0.893. The third-order valence-electron chi connectivity index (χ3n) is 5.74. The second-order valence-corrected chi connectivity index (χ2v) is 7.11. The van der Waals surface area contributed by atoms with Crippen LogP contribution in [-0.4, -0.2) is 37.6 Å². The summed E-state index contributed by atoms with van der Waals surface area (Å²) in [5, 5.41) is 0. The Morgan fingerprint density at radius 3 is 2.48 bits per heavy atom. The van der Waals surface area contributed by atoms with E-state index in [4.69, 9.17) is 0 Å². The van der Waals surface area contributed by atoms with E-state index < -0.39 is 0 Å². The van der Waals surface area contributed by atoms with Crippen LogP contribution in [0.1, 0.15) is 18.4 Å². The number of nitrogens with zero attached hydrogens (tertiary/aromatic N) is 2. The van der Waals surface area contributed by atoms with Crippen molar-refractivity contribution >= 4 is 5.69 Å². The van der Waals surface area contributed by atoms with Gasteiger partial charge in [-0.15, -0.1) is 0 Å². The molecule has 3 atom stereocenters. The van der Waals surface area contributed by atoms with Crippen LogP contribution in [0.4, 0.5) is 5.69 Å². The number of benzene rings is 1. The average Bonchev–Trinajstić information content (AvgIpc) is 3.11. The summed E-state index contributed by atoms with van der Waals surface area (Å²) in [6.45, 7) is 8.37. The topological polar surface area (TPSA) is 6.48 Å². The van der Waals surface area contributed by atoms with Crippen LogP contribution >= 0.6 is 0 Å². The molecule has 0 aromatic heterocycles. The molecule has 21 heavy (non-hydrogen) atoms. The molecular weight excluding hydrogens is 256 g/mol. The van der Waals surface area contributed by atoms with E-state index in [-0.39, 0.29) is 0 Å². The highest BCUT2D eigenvalue weighted by molar-refractivity contribution is 5.53. The highest BCUT2D eigenvalue weighted by Gasteiger charge is 2.36. The maximum Gasteiger partial charge on any atom is 0.0396 e. The van der Waals surface area contributed by atoms with Gasteiger partial charge in [-0.05, 0) is 49.1 Å². The first-order valence-corrected chi connectivity index (χ1v) is 8.51. The number of hydrogen-bond donors (Lipinski definition) is 0. The molecule has 112 valence electrons. The van der Waals surface area contributed by atoms with Crippen molar-refractivity contribution in [1.29, 1.82) is 0 Å². The molecule has 2 fully saturated rings. The molecule has 2 bridgehead atoms. The van der Waals surface area contributed by atoms with E-state index in [0.29, 0.717) is 0 Å². The number of aryl methyl sites for hydroxylation is 1. The van der Waals surface area contributed by atoms with Crippen molar-refractivity contribution in [2.24, 2.45) is 17.8 Å². The summed E-state index contributed by atoms with van der Waals surface area (Å²) in [5.41, 5.74) is 2.84. The average molecular weight is 282 g/mol. The monoisotopic (exact) mass is 282 g/mol. The van der Waals surface area contributed by atoms with Gasteiger partial charge in [-0.25, -0.2) is 0 Å². The highest BCUT2D eigenvalue weighted by Crippen LogP contribution is 2.43. The van der Waals surface area contributed by atoms with Gasteiger partial charge in [0.15, 0.2) is 0 Å². The van der Waals surface area contributed by atoms with Gasteiger partial charge in [-0.3, -0.25) is 4.90 Å². The summed E-state index contributed by atoms with van der Waals surface area (Å²) in [6.07, 6.45) is 7.83. The van der Waals surface area contributed by atoms with Gasteiger partial charge in [0.1, 0.15) is 0 Å². The second-order valence-electron chi connectivity index (χ2n) is 7.11. The lowest BCUT2D eigenvalue weighted by Gasteiger charge is -2.38. The Balaban J connectivity index is 1.33. The SMILES string of the molecule is Cc1ccccc1N1CCN(CC2CC3C=CC2C3)CC1. The molecule has 3 unspecified atom stereocenters. The van der Waals surface area contributed by atoms with Crippen LogP contribution < -0.4 is 4.90 Å². The fraction of sp³-hybridized carbons (Fsp3) is 0.579. The van der Waals surface area contributed by atoms with Crippen molar-refractivity contribution in [3.63, 3.8) is 0 Å². The molecule has 4 rings (SSSR count). The summed E-state index contributed by atoms with van der Waals surface area (Å²) in [6, 6.07) is 8.79. The number of para-hydroxylation sites is 1. The van der Waals surface area contributed by atoms with Gasteiger partial charge < -0.3 is 4.90 Å². The van der Waals surface area contributed by atoms with E-state index in [2.05, 4.69) is 53.1 Å². The molecule has 0 radical (unpaired) electrons. The molecule has 1 saturated heterocycles. The van der Waals surface area contributed by atoms with Gasteiger partial charge in [-0.2, -0.15) is 0 Å². The molecule has 3 aliphatic rings. The molecule has 1 aromatic carbocycles. The number of hydrogen-bond acceptors (Lipinski definition) is 2. The highest BCUT2D eigenvalue weighted by atomic mass is 15.3. The summed E-state index contributed by atoms with van der Waals surface area (Å²) in [7, 11) is 0. The molecule has 0 amide bonds. The third-order valence-corrected chi connectivity index (χ3v) is 5.74. The molecule has 1 heterocycles. The van der Waals surface area contributed by atoms with Crippen molar-refractivity contribution < 1.29 is 0 Å². The van der Waals surface area contributed by atoms with Gasteiger partial charge in [-0.1, -0.05) is 30.4 Å². The van der Waals surface area contributed by atoms with E-state index >= 15 is 0 Å². The zero-order valence-electron chi connectivity index (χ0n) is 13.0. The van der Waals surface area contributed by atoms with Crippen molar-refractivity contribution in [3.05, 3.63) is 42.0 Å². The van der Waals surface area contributed by atoms with Crippen molar-refractivity contribution in [3.8, 4) is 0 Å². The zero-order chi connectivity index (χ0) is 14.2. The van der Waals surface area contributed by atoms with E-state index in [0.717, 1.165) is 17.8 Å². The maximum absolute atomic E-state index is 2.70. The molecule has 1 aliphatic heterocycles. The number of piperazine rings is 1. The van der Waals surface area contributed by atoms with Gasteiger partial charge >= 0.3 is 0 Å².